The SMILES string of the molecule is CCCC(C)n1c(CC)nc2c(-c3cc(Cl)c(Cl)cc3Cl)ccc(C)c21. The number of hydrogen-bond donors (Lipinski definition) is 0. The minimum Gasteiger partial charge on any atom is -0.325 e. The number of fused-ring (bicyclic) bond motifs is 1. The Morgan fingerprint density at radius 3 is 2.35 bits per heavy atom. The molecule has 1 atom stereocenters. The van der Waals surface area contributed by atoms with E-state index in [1.165, 1.54) is 11.1 Å². The largest absolute Gasteiger partial charge is 0.325 e. The summed E-state index contributed by atoms with van der Waals surface area (Å²) in [5.41, 5.74) is 5.23. The molecule has 0 aliphatic heterocycles. The number of hydrogen-bond acceptors (Lipinski definition) is 1. The lowest BCUT2D eigenvalue weighted by atomic mass is 10.0. The fourth-order valence-electron chi connectivity index (χ4n) is 3.63. The van der Waals surface area contributed by atoms with Crippen LogP contribution < -0.4 is 0 Å². The van der Waals surface area contributed by atoms with Crippen molar-refractivity contribution in [3.63, 3.8) is 0 Å². The molecule has 0 fully saturated rings. The van der Waals surface area contributed by atoms with Gasteiger partial charge in [0.25, 0.3) is 0 Å². The summed E-state index contributed by atoms with van der Waals surface area (Å²) >= 11 is 18.9. The Kier molecular flexibility index (Phi) is 5.86. The molecule has 0 amide bonds. The molecule has 0 radical (unpaired) electrons. The molecule has 0 aliphatic rings. The number of halogens is 3. The fraction of sp³-hybridized carbons (Fsp3) is 0.381. The van der Waals surface area contributed by atoms with E-state index >= 15 is 0 Å². The van der Waals surface area contributed by atoms with Gasteiger partial charge in [-0.3, -0.25) is 0 Å². The minimum atomic E-state index is 0.401. The summed E-state index contributed by atoms with van der Waals surface area (Å²) < 4.78 is 2.39. The molecule has 3 aromatic rings. The summed E-state index contributed by atoms with van der Waals surface area (Å²) in [6.45, 7) is 8.77. The highest BCUT2D eigenvalue weighted by Crippen LogP contribution is 2.40. The maximum Gasteiger partial charge on any atom is 0.109 e. The molecule has 1 heterocycles. The van der Waals surface area contributed by atoms with Crippen LogP contribution in [0.25, 0.3) is 22.2 Å². The summed E-state index contributed by atoms with van der Waals surface area (Å²) in [5.74, 6) is 1.10. The van der Waals surface area contributed by atoms with Crippen LogP contribution in [0.5, 0.6) is 0 Å². The molecule has 138 valence electrons. The normalized spacial score (nSPS) is 12.7. The number of rotatable bonds is 5. The van der Waals surface area contributed by atoms with Gasteiger partial charge in [-0.25, -0.2) is 4.98 Å². The van der Waals surface area contributed by atoms with Gasteiger partial charge in [-0.15, -0.1) is 0 Å². The lowest BCUT2D eigenvalue weighted by Crippen LogP contribution is -2.09. The Morgan fingerprint density at radius 2 is 1.69 bits per heavy atom. The van der Waals surface area contributed by atoms with Gasteiger partial charge >= 0.3 is 0 Å². The summed E-state index contributed by atoms with van der Waals surface area (Å²) in [4.78, 5) is 4.99. The lowest BCUT2D eigenvalue weighted by molar-refractivity contribution is 0.495. The van der Waals surface area contributed by atoms with Gasteiger partial charge in [0.2, 0.25) is 0 Å². The first-order chi connectivity index (χ1) is 12.4. The molecule has 1 unspecified atom stereocenters. The van der Waals surface area contributed by atoms with Crippen LogP contribution in [-0.2, 0) is 6.42 Å². The fourth-order valence-corrected chi connectivity index (χ4v) is 4.28. The molecule has 0 bridgehead atoms. The summed E-state index contributed by atoms with van der Waals surface area (Å²) in [6.07, 6.45) is 3.15. The summed E-state index contributed by atoms with van der Waals surface area (Å²) in [5, 5.41) is 1.54. The molecule has 0 spiro atoms. The third-order valence-corrected chi connectivity index (χ3v) is 5.91. The predicted molar refractivity (Wildman–Crippen MR) is 114 cm³/mol. The Labute approximate surface area is 170 Å². The molecule has 3 rings (SSSR count). The average molecular weight is 410 g/mol. The Hall–Kier alpha value is -1.22. The van der Waals surface area contributed by atoms with Crippen LogP contribution in [0.2, 0.25) is 15.1 Å². The maximum absolute atomic E-state index is 6.49. The van der Waals surface area contributed by atoms with E-state index in [1.807, 2.05) is 6.07 Å². The van der Waals surface area contributed by atoms with E-state index in [2.05, 4.69) is 44.4 Å². The molecule has 26 heavy (non-hydrogen) atoms. The highest BCUT2D eigenvalue weighted by atomic mass is 35.5. The van der Waals surface area contributed by atoms with Crippen LogP contribution in [-0.4, -0.2) is 9.55 Å². The molecule has 0 saturated heterocycles. The first-order valence-electron chi connectivity index (χ1n) is 9.04. The van der Waals surface area contributed by atoms with E-state index < -0.39 is 0 Å². The molecule has 1 aromatic heterocycles. The number of nitrogens with zero attached hydrogens (tertiary/aromatic N) is 2. The van der Waals surface area contributed by atoms with Crippen LogP contribution in [0.1, 0.15) is 51.0 Å². The van der Waals surface area contributed by atoms with Crippen LogP contribution in [0, 0.1) is 6.92 Å². The van der Waals surface area contributed by atoms with E-state index in [0.717, 1.165) is 41.7 Å². The third kappa shape index (κ3) is 3.35. The molecule has 2 aromatic carbocycles. The average Bonchev–Trinajstić information content (AvgIpc) is 3.00. The van der Waals surface area contributed by atoms with Crippen molar-refractivity contribution < 1.29 is 0 Å². The molecule has 0 aliphatic carbocycles. The van der Waals surface area contributed by atoms with Crippen LogP contribution in [0.4, 0.5) is 0 Å². The van der Waals surface area contributed by atoms with E-state index in [0.29, 0.717) is 21.1 Å². The Bertz CT molecular complexity index is 960. The Morgan fingerprint density at radius 1 is 1.00 bits per heavy atom. The van der Waals surface area contributed by atoms with Gasteiger partial charge in [-0.2, -0.15) is 0 Å². The maximum atomic E-state index is 6.49. The number of aryl methyl sites for hydroxylation is 2. The van der Waals surface area contributed by atoms with Crippen LogP contribution in [0.15, 0.2) is 24.3 Å². The monoisotopic (exact) mass is 408 g/mol. The van der Waals surface area contributed by atoms with E-state index in [-0.39, 0.29) is 0 Å². The molecule has 0 saturated carbocycles. The van der Waals surface area contributed by atoms with E-state index in [1.54, 1.807) is 6.07 Å². The summed E-state index contributed by atoms with van der Waals surface area (Å²) in [7, 11) is 0. The van der Waals surface area contributed by atoms with Gasteiger partial charge in [0.05, 0.1) is 26.1 Å². The van der Waals surface area contributed by atoms with Crippen molar-refractivity contribution >= 4 is 45.8 Å². The second-order valence-corrected chi connectivity index (χ2v) is 7.98. The van der Waals surface area contributed by atoms with E-state index in [4.69, 9.17) is 39.8 Å². The second kappa shape index (κ2) is 7.80. The first kappa shape index (κ1) is 19.5. The zero-order chi connectivity index (χ0) is 19.0. The van der Waals surface area contributed by atoms with Gasteiger partial charge in [0.15, 0.2) is 0 Å². The zero-order valence-corrected chi connectivity index (χ0v) is 17.8. The lowest BCUT2D eigenvalue weighted by Gasteiger charge is -2.18. The highest BCUT2D eigenvalue weighted by Gasteiger charge is 2.20. The van der Waals surface area contributed by atoms with E-state index in [9.17, 15) is 0 Å². The quantitative estimate of drug-likeness (QED) is 0.391. The minimum absolute atomic E-state index is 0.401. The number of imidazole rings is 1. The third-order valence-electron chi connectivity index (χ3n) is 4.88. The molecular weight excluding hydrogens is 387 g/mol. The number of benzene rings is 2. The van der Waals surface area contributed by atoms with Crippen molar-refractivity contribution in [3.05, 3.63) is 50.7 Å². The second-order valence-electron chi connectivity index (χ2n) is 6.76. The standard InChI is InChI=1S/C21H23Cl3N2/c1-5-7-13(4)26-19(6-2)25-20-14(9-8-12(3)21(20)26)15-10-17(23)18(24)11-16(15)22/h8-11,13H,5-7H2,1-4H3. The first-order valence-corrected chi connectivity index (χ1v) is 10.2. The van der Waals surface area contributed by atoms with Crippen molar-refractivity contribution in [3.8, 4) is 11.1 Å². The Balaban J connectivity index is 2.33. The van der Waals surface area contributed by atoms with Gasteiger partial charge < -0.3 is 4.57 Å². The van der Waals surface area contributed by atoms with Gasteiger partial charge in [0.1, 0.15) is 5.82 Å². The van der Waals surface area contributed by atoms with Gasteiger partial charge in [-0.1, -0.05) is 67.2 Å². The smallest absolute Gasteiger partial charge is 0.109 e. The van der Waals surface area contributed by atoms with Gasteiger partial charge in [0, 0.05) is 23.6 Å². The highest BCUT2D eigenvalue weighted by molar-refractivity contribution is 6.44. The molecule has 5 heteroatoms. The van der Waals surface area contributed by atoms with Gasteiger partial charge in [-0.05, 0) is 38.0 Å². The van der Waals surface area contributed by atoms with Crippen LogP contribution >= 0.6 is 34.8 Å². The topological polar surface area (TPSA) is 17.8 Å². The molecule has 2 nitrogen and oxygen atoms in total. The van der Waals surface area contributed by atoms with Crippen molar-refractivity contribution in [2.45, 2.75) is 53.0 Å². The summed E-state index contributed by atoms with van der Waals surface area (Å²) in [6, 6.07) is 8.13. The predicted octanol–water partition coefficient (Wildman–Crippen LogP) is 7.90. The van der Waals surface area contributed by atoms with Crippen molar-refractivity contribution in [1.82, 2.24) is 9.55 Å². The molecular formula is C21H23Cl3N2. The molecule has 0 N–H and O–H groups in total. The van der Waals surface area contributed by atoms with Crippen molar-refractivity contribution in [1.29, 1.82) is 0 Å². The number of aromatic nitrogens is 2. The van der Waals surface area contributed by atoms with Crippen molar-refractivity contribution in [2.24, 2.45) is 0 Å². The van der Waals surface area contributed by atoms with Crippen LogP contribution in [0.3, 0.4) is 0 Å². The zero-order valence-electron chi connectivity index (χ0n) is 15.5. The van der Waals surface area contributed by atoms with Crippen molar-refractivity contribution in [2.75, 3.05) is 0 Å².